The van der Waals surface area contributed by atoms with Crippen LogP contribution in [-0.4, -0.2) is 22.2 Å². The average Bonchev–Trinajstić information content (AvgIpc) is 3.23. The third-order valence-electron chi connectivity index (χ3n) is 4.86. The summed E-state index contributed by atoms with van der Waals surface area (Å²) in [5.41, 5.74) is 1.97. The number of nitrogens with zero attached hydrogens (tertiary/aromatic N) is 2. The van der Waals surface area contributed by atoms with Crippen LogP contribution in [-0.2, 0) is 0 Å². The van der Waals surface area contributed by atoms with Crippen LogP contribution in [0.25, 0.3) is 15.9 Å². The fourth-order valence-corrected chi connectivity index (χ4v) is 4.27. The molecule has 3 rings (SSSR count). The molecule has 0 unspecified atom stereocenters. The summed E-state index contributed by atoms with van der Waals surface area (Å²) in [6.07, 6.45) is 4.72. The molecule has 2 aromatic heterocycles. The quantitative estimate of drug-likeness (QED) is 0.582. The van der Waals surface area contributed by atoms with Gasteiger partial charge in [0.1, 0.15) is 4.83 Å². The largest absolute Gasteiger partial charge is 0.351 e. The SMILES string of the molecule is CCCC[C@H](CC)CNC(=O)c1cc2c(C)nn(-c3ccccc3)c2s1. The van der Waals surface area contributed by atoms with E-state index in [2.05, 4.69) is 24.3 Å². The number of nitrogens with one attached hydrogen (secondary N) is 1. The minimum atomic E-state index is 0.0279. The van der Waals surface area contributed by atoms with Gasteiger partial charge in [0.2, 0.25) is 0 Å². The van der Waals surface area contributed by atoms with Crippen molar-refractivity contribution in [3.8, 4) is 5.69 Å². The molecule has 138 valence electrons. The molecule has 0 saturated carbocycles. The van der Waals surface area contributed by atoms with E-state index in [1.807, 2.05) is 48.0 Å². The molecule has 1 amide bonds. The first-order valence-corrected chi connectivity index (χ1v) is 10.3. The van der Waals surface area contributed by atoms with Gasteiger partial charge in [0.05, 0.1) is 16.3 Å². The van der Waals surface area contributed by atoms with Crippen molar-refractivity contribution in [2.24, 2.45) is 5.92 Å². The van der Waals surface area contributed by atoms with Crippen LogP contribution in [0.15, 0.2) is 36.4 Å². The Kier molecular flexibility index (Phi) is 6.09. The van der Waals surface area contributed by atoms with Crippen molar-refractivity contribution < 1.29 is 4.79 Å². The van der Waals surface area contributed by atoms with Gasteiger partial charge in [-0.05, 0) is 37.5 Å². The maximum atomic E-state index is 12.6. The average molecular weight is 370 g/mol. The topological polar surface area (TPSA) is 46.9 Å². The third-order valence-corrected chi connectivity index (χ3v) is 5.97. The van der Waals surface area contributed by atoms with Gasteiger partial charge >= 0.3 is 0 Å². The number of hydrogen-bond acceptors (Lipinski definition) is 3. The van der Waals surface area contributed by atoms with Crippen molar-refractivity contribution in [3.05, 3.63) is 47.0 Å². The Labute approximate surface area is 159 Å². The highest BCUT2D eigenvalue weighted by Crippen LogP contribution is 2.30. The van der Waals surface area contributed by atoms with Gasteiger partial charge in [-0.15, -0.1) is 11.3 Å². The molecule has 26 heavy (non-hydrogen) atoms. The van der Waals surface area contributed by atoms with Crippen LogP contribution in [0.4, 0.5) is 0 Å². The lowest BCUT2D eigenvalue weighted by molar-refractivity contribution is 0.0950. The zero-order valence-electron chi connectivity index (χ0n) is 15.8. The van der Waals surface area contributed by atoms with E-state index in [0.29, 0.717) is 5.92 Å². The fraction of sp³-hybridized carbons (Fsp3) is 0.429. The first-order valence-electron chi connectivity index (χ1n) is 9.46. The first kappa shape index (κ1) is 18.6. The monoisotopic (exact) mass is 369 g/mol. The van der Waals surface area contributed by atoms with E-state index >= 15 is 0 Å². The molecule has 1 N–H and O–H groups in total. The summed E-state index contributed by atoms with van der Waals surface area (Å²) in [6, 6.07) is 12.0. The van der Waals surface area contributed by atoms with E-state index in [1.54, 1.807) is 0 Å². The maximum absolute atomic E-state index is 12.6. The molecule has 0 bridgehead atoms. The van der Waals surface area contributed by atoms with Crippen molar-refractivity contribution in [1.29, 1.82) is 0 Å². The molecular formula is C21H27N3OS. The van der Waals surface area contributed by atoms with Crippen LogP contribution in [0, 0.1) is 12.8 Å². The Morgan fingerprint density at radius 2 is 2.04 bits per heavy atom. The Balaban J connectivity index is 1.78. The Morgan fingerprint density at radius 3 is 2.73 bits per heavy atom. The van der Waals surface area contributed by atoms with E-state index in [9.17, 15) is 4.79 Å². The van der Waals surface area contributed by atoms with Crippen LogP contribution in [0.1, 0.15) is 54.9 Å². The normalized spacial score (nSPS) is 12.4. The van der Waals surface area contributed by atoms with E-state index < -0.39 is 0 Å². The van der Waals surface area contributed by atoms with E-state index in [4.69, 9.17) is 0 Å². The van der Waals surface area contributed by atoms with Crippen LogP contribution in [0.2, 0.25) is 0 Å². The predicted molar refractivity (Wildman–Crippen MR) is 109 cm³/mol. The lowest BCUT2D eigenvalue weighted by Gasteiger charge is -2.14. The number of carbonyl (C=O) groups is 1. The lowest BCUT2D eigenvalue weighted by atomic mass is 9.99. The smallest absolute Gasteiger partial charge is 0.261 e. The van der Waals surface area contributed by atoms with Gasteiger partial charge in [-0.2, -0.15) is 5.10 Å². The highest BCUT2D eigenvalue weighted by molar-refractivity contribution is 7.20. The summed E-state index contributed by atoms with van der Waals surface area (Å²) in [5.74, 6) is 0.593. The Hall–Kier alpha value is -2.14. The van der Waals surface area contributed by atoms with Crippen LogP contribution < -0.4 is 5.32 Å². The molecule has 0 aliphatic carbocycles. The number of rotatable bonds is 8. The number of unbranched alkanes of at least 4 members (excludes halogenated alkanes) is 1. The second kappa shape index (κ2) is 8.49. The Morgan fingerprint density at radius 1 is 1.27 bits per heavy atom. The number of carbonyl (C=O) groups excluding carboxylic acids is 1. The molecule has 1 aromatic carbocycles. The van der Waals surface area contributed by atoms with Crippen LogP contribution in [0.5, 0.6) is 0 Å². The molecule has 5 heteroatoms. The molecule has 3 aromatic rings. The third kappa shape index (κ3) is 3.98. The number of aryl methyl sites for hydroxylation is 1. The molecular weight excluding hydrogens is 342 g/mol. The highest BCUT2D eigenvalue weighted by Gasteiger charge is 2.17. The zero-order chi connectivity index (χ0) is 18.5. The maximum Gasteiger partial charge on any atom is 0.261 e. The number of hydrogen-bond donors (Lipinski definition) is 1. The minimum Gasteiger partial charge on any atom is -0.351 e. The van der Waals surface area contributed by atoms with Gasteiger partial charge < -0.3 is 5.32 Å². The zero-order valence-corrected chi connectivity index (χ0v) is 16.6. The van der Waals surface area contributed by atoms with E-state index in [0.717, 1.165) is 39.4 Å². The number of benzene rings is 1. The number of fused-ring (bicyclic) bond motifs is 1. The molecule has 4 nitrogen and oxygen atoms in total. The van der Waals surface area contributed by atoms with E-state index in [1.165, 1.54) is 30.6 Å². The second-order valence-electron chi connectivity index (χ2n) is 6.79. The van der Waals surface area contributed by atoms with Gasteiger partial charge in [-0.1, -0.05) is 51.3 Å². The van der Waals surface area contributed by atoms with Crippen molar-refractivity contribution in [2.75, 3.05) is 6.54 Å². The number of para-hydroxylation sites is 1. The van der Waals surface area contributed by atoms with Gasteiger partial charge in [0, 0.05) is 11.9 Å². The molecule has 2 heterocycles. The summed E-state index contributed by atoms with van der Waals surface area (Å²) in [7, 11) is 0. The highest BCUT2D eigenvalue weighted by atomic mass is 32.1. The number of thiophene rings is 1. The summed E-state index contributed by atoms with van der Waals surface area (Å²) in [5, 5.41) is 8.82. The fourth-order valence-electron chi connectivity index (χ4n) is 3.17. The summed E-state index contributed by atoms with van der Waals surface area (Å²) < 4.78 is 1.93. The molecule has 0 spiro atoms. The van der Waals surface area contributed by atoms with Crippen molar-refractivity contribution in [2.45, 2.75) is 46.5 Å². The van der Waals surface area contributed by atoms with Crippen molar-refractivity contribution >= 4 is 27.5 Å². The predicted octanol–water partition coefficient (Wildman–Crippen LogP) is 5.34. The minimum absolute atomic E-state index is 0.0279. The second-order valence-corrected chi connectivity index (χ2v) is 7.82. The van der Waals surface area contributed by atoms with Gasteiger partial charge in [0.25, 0.3) is 5.91 Å². The van der Waals surface area contributed by atoms with Crippen LogP contribution >= 0.6 is 11.3 Å². The van der Waals surface area contributed by atoms with Crippen molar-refractivity contribution in [1.82, 2.24) is 15.1 Å². The van der Waals surface area contributed by atoms with Gasteiger partial charge in [-0.25, -0.2) is 4.68 Å². The molecule has 0 aliphatic heterocycles. The van der Waals surface area contributed by atoms with Gasteiger partial charge in [-0.3, -0.25) is 4.79 Å². The standard InChI is InChI=1S/C21H27N3OS/c1-4-6-10-16(5-2)14-22-20(25)19-13-18-15(3)23-24(21(18)26-19)17-11-8-7-9-12-17/h7-9,11-13,16H,4-6,10,14H2,1-3H3,(H,22,25)/t16-/m0/s1. The molecule has 1 atom stereocenters. The molecule has 0 aliphatic rings. The molecule has 0 radical (unpaired) electrons. The number of amides is 1. The summed E-state index contributed by atoms with van der Waals surface area (Å²) >= 11 is 1.51. The van der Waals surface area contributed by atoms with Crippen molar-refractivity contribution in [3.63, 3.8) is 0 Å². The summed E-state index contributed by atoms with van der Waals surface area (Å²) in [4.78, 5) is 14.4. The molecule has 0 saturated heterocycles. The molecule has 0 fully saturated rings. The lowest BCUT2D eigenvalue weighted by Crippen LogP contribution is -2.28. The first-order chi connectivity index (χ1) is 12.6. The van der Waals surface area contributed by atoms with E-state index in [-0.39, 0.29) is 5.91 Å². The Bertz CT molecular complexity index is 866. The number of aromatic nitrogens is 2. The van der Waals surface area contributed by atoms with Gasteiger partial charge in [0.15, 0.2) is 0 Å². The van der Waals surface area contributed by atoms with Crippen LogP contribution in [0.3, 0.4) is 0 Å². The summed E-state index contributed by atoms with van der Waals surface area (Å²) in [6.45, 7) is 7.16.